The summed E-state index contributed by atoms with van der Waals surface area (Å²) in [5, 5.41) is 23.3. The number of fused-ring (bicyclic) bond motifs is 4. The molecule has 4 aliphatic carbocycles. The van der Waals surface area contributed by atoms with E-state index in [2.05, 4.69) is 0 Å². The van der Waals surface area contributed by atoms with Crippen LogP contribution in [-0.4, -0.2) is 60.7 Å². The molecule has 1 aromatic rings. The van der Waals surface area contributed by atoms with Gasteiger partial charge in [-0.3, -0.25) is 0 Å². The van der Waals surface area contributed by atoms with Gasteiger partial charge in [-0.1, -0.05) is 24.6 Å². The number of alkyl halides is 3. The molecule has 1 saturated heterocycles. The van der Waals surface area contributed by atoms with Crippen LogP contribution in [0.5, 0.6) is 0 Å². The van der Waals surface area contributed by atoms with Gasteiger partial charge in [-0.2, -0.15) is 13.2 Å². The number of ether oxygens (including phenoxy) is 2. The number of anilines is 1. The second kappa shape index (κ2) is 8.20. The minimum atomic E-state index is -4.69. The van der Waals surface area contributed by atoms with Gasteiger partial charge in [0, 0.05) is 44.0 Å². The normalized spacial score (nSPS) is 40.9. The van der Waals surface area contributed by atoms with E-state index in [0.717, 1.165) is 22.4 Å². The minimum Gasteiger partial charge on any atom is -0.385 e. The van der Waals surface area contributed by atoms with Crippen LogP contribution in [0.25, 0.3) is 0 Å². The first-order valence-corrected chi connectivity index (χ1v) is 13.6. The third kappa shape index (κ3) is 3.58. The van der Waals surface area contributed by atoms with Crippen molar-refractivity contribution >= 4 is 5.69 Å². The first kappa shape index (κ1) is 25.7. The lowest BCUT2D eigenvalue weighted by Crippen LogP contribution is -2.60. The number of hydrogen-bond donors (Lipinski definition) is 2. The molecule has 1 aromatic carbocycles. The van der Waals surface area contributed by atoms with E-state index in [1.807, 2.05) is 43.3 Å². The van der Waals surface area contributed by atoms with Crippen molar-refractivity contribution in [3.8, 4) is 0 Å². The Balaban J connectivity index is 1.48. The van der Waals surface area contributed by atoms with E-state index in [1.54, 1.807) is 6.92 Å². The zero-order chi connectivity index (χ0) is 26.4. The average Bonchev–Trinajstić information content (AvgIpc) is 3.39. The topological polar surface area (TPSA) is 62.2 Å². The van der Waals surface area contributed by atoms with Gasteiger partial charge in [0.2, 0.25) is 0 Å². The summed E-state index contributed by atoms with van der Waals surface area (Å²) >= 11 is 0. The van der Waals surface area contributed by atoms with Crippen LogP contribution < -0.4 is 4.90 Å². The van der Waals surface area contributed by atoms with Crippen molar-refractivity contribution in [2.75, 3.05) is 32.2 Å². The molecule has 1 unspecified atom stereocenters. The van der Waals surface area contributed by atoms with Crippen LogP contribution in [0, 0.1) is 17.3 Å². The minimum absolute atomic E-state index is 0.0941. The quantitative estimate of drug-likeness (QED) is 0.517. The van der Waals surface area contributed by atoms with E-state index in [9.17, 15) is 23.4 Å². The first-order chi connectivity index (χ1) is 17.3. The molecule has 0 bridgehead atoms. The number of nitrogens with zero attached hydrogens (tertiary/aromatic N) is 1. The van der Waals surface area contributed by atoms with Gasteiger partial charge in [0.1, 0.15) is 0 Å². The van der Waals surface area contributed by atoms with Gasteiger partial charge in [-0.15, -0.1) is 0 Å². The van der Waals surface area contributed by atoms with Crippen LogP contribution >= 0.6 is 0 Å². The summed E-state index contributed by atoms with van der Waals surface area (Å²) in [5.74, 6) is -1.43. The Morgan fingerprint density at radius 3 is 2.27 bits per heavy atom. The number of aliphatic hydroxyl groups is 2. The molecule has 0 radical (unpaired) electrons. The lowest BCUT2D eigenvalue weighted by Gasteiger charge is -2.57. The number of benzene rings is 1. The molecule has 3 saturated carbocycles. The van der Waals surface area contributed by atoms with Crippen molar-refractivity contribution in [1.82, 2.24) is 0 Å². The predicted octanol–water partition coefficient (Wildman–Crippen LogP) is 5.31. The molecule has 2 N–H and O–H groups in total. The monoisotopic (exact) mass is 521 g/mol. The third-order valence-electron chi connectivity index (χ3n) is 10.7. The molecule has 1 heterocycles. The Kier molecular flexibility index (Phi) is 5.68. The van der Waals surface area contributed by atoms with Gasteiger partial charge in [0.15, 0.2) is 11.4 Å². The molecule has 8 heteroatoms. The van der Waals surface area contributed by atoms with E-state index in [-0.39, 0.29) is 30.6 Å². The van der Waals surface area contributed by atoms with Crippen molar-refractivity contribution < 1.29 is 32.9 Å². The number of halogens is 3. The zero-order valence-corrected chi connectivity index (χ0v) is 21.9. The summed E-state index contributed by atoms with van der Waals surface area (Å²) in [4.78, 5) is 1.99. The smallest absolute Gasteiger partial charge is 0.385 e. The maximum Gasteiger partial charge on any atom is 0.417 e. The molecule has 1 spiro atoms. The van der Waals surface area contributed by atoms with Crippen LogP contribution in [0.2, 0.25) is 0 Å². The van der Waals surface area contributed by atoms with Gasteiger partial charge < -0.3 is 24.6 Å². The second-order valence-electron chi connectivity index (χ2n) is 12.6. The van der Waals surface area contributed by atoms with Crippen LogP contribution in [0.4, 0.5) is 18.9 Å². The van der Waals surface area contributed by atoms with Crippen LogP contribution in [0.1, 0.15) is 69.8 Å². The van der Waals surface area contributed by atoms with Gasteiger partial charge in [0.25, 0.3) is 0 Å². The highest BCUT2D eigenvalue weighted by atomic mass is 19.4. The molecular formula is C29H38F3NO4. The van der Waals surface area contributed by atoms with Crippen LogP contribution in [-0.2, 0) is 9.47 Å². The summed E-state index contributed by atoms with van der Waals surface area (Å²) in [6.07, 6.45) is -1.70. The number of allylic oxidation sites excluding steroid dienone is 1. The van der Waals surface area contributed by atoms with Gasteiger partial charge in [0.05, 0.1) is 18.8 Å². The number of rotatable bonds is 2. The molecule has 37 heavy (non-hydrogen) atoms. The highest BCUT2D eigenvalue weighted by molar-refractivity contribution is 5.50. The Morgan fingerprint density at radius 1 is 0.973 bits per heavy atom. The first-order valence-electron chi connectivity index (χ1n) is 13.6. The van der Waals surface area contributed by atoms with Gasteiger partial charge >= 0.3 is 6.18 Å². The third-order valence-corrected chi connectivity index (χ3v) is 10.7. The summed E-state index contributed by atoms with van der Waals surface area (Å²) in [5.41, 5.74) is -1.02. The van der Waals surface area contributed by atoms with Gasteiger partial charge in [-0.05, 0) is 73.6 Å². The highest BCUT2D eigenvalue weighted by Crippen LogP contribution is 2.70. The van der Waals surface area contributed by atoms with Crippen molar-refractivity contribution in [1.29, 1.82) is 0 Å². The fraction of sp³-hybridized carbons (Fsp3) is 0.724. The molecule has 6 rings (SSSR count). The van der Waals surface area contributed by atoms with E-state index < -0.39 is 28.6 Å². The Bertz CT molecular complexity index is 1100. The molecular weight excluding hydrogens is 483 g/mol. The SMILES string of the molecule is CN(C)c1ccc([C@H]2C[C@@]3(C)[C@@H](CC[C@@]3(O)C(F)(F)F)[C@@H]3CCC4(O)CC5(CCC4=C32)OCCO5)cc1. The number of hydrogen-bond acceptors (Lipinski definition) is 5. The van der Waals surface area contributed by atoms with E-state index in [0.29, 0.717) is 51.7 Å². The molecule has 0 amide bonds. The molecule has 1 aliphatic heterocycles. The van der Waals surface area contributed by atoms with Gasteiger partial charge in [-0.25, -0.2) is 0 Å². The highest BCUT2D eigenvalue weighted by Gasteiger charge is 2.72. The molecule has 204 valence electrons. The summed E-state index contributed by atoms with van der Waals surface area (Å²) in [6, 6.07) is 8.02. The van der Waals surface area contributed by atoms with Crippen molar-refractivity contribution in [2.45, 2.75) is 87.4 Å². The van der Waals surface area contributed by atoms with Crippen molar-refractivity contribution in [3.63, 3.8) is 0 Å². The van der Waals surface area contributed by atoms with Crippen LogP contribution in [0.15, 0.2) is 35.4 Å². The van der Waals surface area contributed by atoms with Crippen molar-refractivity contribution in [2.24, 2.45) is 17.3 Å². The van der Waals surface area contributed by atoms with Crippen LogP contribution in [0.3, 0.4) is 0 Å². The molecule has 5 aliphatic rings. The van der Waals surface area contributed by atoms with E-state index >= 15 is 0 Å². The van der Waals surface area contributed by atoms with E-state index in [1.165, 1.54) is 0 Å². The summed E-state index contributed by atoms with van der Waals surface area (Å²) in [7, 11) is 3.91. The lowest BCUT2D eigenvalue weighted by molar-refractivity contribution is -0.299. The molecule has 6 atom stereocenters. The Hall–Kier alpha value is -1.61. The summed E-state index contributed by atoms with van der Waals surface area (Å²) < 4.78 is 55.2. The fourth-order valence-electron chi connectivity index (χ4n) is 8.79. The standard InChI is InChI=1S/C29H38F3NO4/c1-25-16-21(18-4-6-19(7-5-18)33(2)3)24-20(22(25)10-13-28(25,35)29(30,31)32)8-11-26(34)17-27(12-9-23(24)26)36-14-15-37-27/h4-7,20-22,34-35H,8-17H2,1-3H3/t20-,21+,22-,25-,26?,28-/m0/s1. The lowest BCUT2D eigenvalue weighted by atomic mass is 9.49. The molecule has 5 nitrogen and oxygen atoms in total. The molecule has 0 aromatic heterocycles. The maximum atomic E-state index is 14.4. The average molecular weight is 522 g/mol. The Morgan fingerprint density at radius 2 is 1.65 bits per heavy atom. The largest absolute Gasteiger partial charge is 0.417 e. The van der Waals surface area contributed by atoms with E-state index in [4.69, 9.17) is 9.47 Å². The molecule has 4 fully saturated rings. The zero-order valence-electron chi connectivity index (χ0n) is 21.9. The second-order valence-corrected chi connectivity index (χ2v) is 12.6. The van der Waals surface area contributed by atoms with Crippen molar-refractivity contribution in [3.05, 3.63) is 41.0 Å². The summed E-state index contributed by atoms with van der Waals surface area (Å²) in [6.45, 7) is 2.70. The fourth-order valence-corrected chi connectivity index (χ4v) is 8.79. The predicted molar refractivity (Wildman–Crippen MR) is 133 cm³/mol. The Labute approximate surface area is 216 Å². The maximum absolute atomic E-state index is 14.4.